The molecule has 2 aromatic heterocycles. The minimum atomic E-state index is -1.05. The molecule has 0 atom stereocenters. The standard InChI is InChI=1S/C29H33N3O6.C4H10O/c1-19-22(16-26(33)34)27(32-12-10-29(2,3)11-13-32)23(18-30-19)24-9-8-20(17-31-24)37-14-15-38-25-7-5-4-6-21(25)28(35)36;1-4(2,3)5/h4-9,17-18H,10-16H2,1-3H3,(H,33,34)(H,35,36);5H,1-3H3. The molecule has 0 unspecified atom stereocenters. The Labute approximate surface area is 253 Å². The number of carbonyl (C=O) groups is 2. The van der Waals surface area contributed by atoms with E-state index in [1.807, 2.05) is 13.0 Å². The van der Waals surface area contributed by atoms with E-state index >= 15 is 0 Å². The molecule has 0 spiro atoms. The van der Waals surface area contributed by atoms with E-state index in [-0.39, 0.29) is 36.4 Å². The fraction of sp³-hybridized carbons (Fsp3) is 0.455. The number of aliphatic carboxylic acids is 1. The lowest BCUT2D eigenvalue weighted by atomic mass is 9.82. The van der Waals surface area contributed by atoms with Crippen LogP contribution in [0.15, 0.2) is 48.8 Å². The Morgan fingerprint density at radius 1 is 0.953 bits per heavy atom. The van der Waals surface area contributed by atoms with Gasteiger partial charge in [0, 0.05) is 36.1 Å². The first-order valence-electron chi connectivity index (χ1n) is 14.4. The maximum absolute atomic E-state index is 11.7. The molecule has 0 bridgehead atoms. The van der Waals surface area contributed by atoms with Gasteiger partial charge in [0.2, 0.25) is 0 Å². The Morgan fingerprint density at radius 2 is 1.58 bits per heavy atom. The van der Waals surface area contributed by atoms with Gasteiger partial charge < -0.3 is 29.7 Å². The topological polar surface area (TPSA) is 142 Å². The summed E-state index contributed by atoms with van der Waals surface area (Å²) in [5, 5.41) is 27.4. The van der Waals surface area contributed by atoms with E-state index in [1.165, 1.54) is 6.07 Å². The summed E-state index contributed by atoms with van der Waals surface area (Å²) in [6, 6.07) is 10.1. The molecule has 0 radical (unpaired) electrons. The van der Waals surface area contributed by atoms with Gasteiger partial charge in [-0.3, -0.25) is 14.8 Å². The van der Waals surface area contributed by atoms with E-state index in [9.17, 15) is 19.8 Å². The van der Waals surface area contributed by atoms with Crippen LogP contribution >= 0.6 is 0 Å². The Hall–Kier alpha value is -4.18. The van der Waals surface area contributed by atoms with Gasteiger partial charge in [-0.1, -0.05) is 26.0 Å². The van der Waals surface area contributed by atoms with Crippen molar-refractivity contribution in [1.29, 1.82) is 0 Å². The number of carboxylic acids is 2. The van der Waals surface area contributed by atoms with Crippen molar-refractivity contribution >= 4 is 17.6 Å². The van der Waals surface area contributed by atoms with Crippen molar-refractivity contribution in [2.45, 2.75) is 66.4 Å². The number of aromatic carboxylic acids is 1. The van der Waals surface area contributed by atoms with Gasteiger partial charge in [-0.05, 0) is 70.2 Å². The number of benzene rings is 1. The number of piperidine rings is 1. The van der Waals surface area contributed by atoms with Crippen LogP contribution in [0, 0.1) is 12.3 Å². The second kappa shape index (κ2) is 14.3. The smallest absolute Gasteiger partial charge is 0.339 e. The quantitative estimate of drug-likeness (QED) is 0.253. The first kappa shape index (κ1) is 33.3. The molecule has 3 heterocycles. The van der Waals surface area contributed by atoms with Crippen LogP contribution in [-0.2, 0) is 11.2 Å². The molecule has 10 heteroatoms. The molecule has 1 fully saturated rings. The number of aryl methyl sites for hydroxylation is 1. The number of rotatable bonds is 10. The average Bonchev–Trinajstić information content (AvgIpc) is 2.92. The van der Waals surface area contributed by atoms with Crippen molar-refractivity contribution in [3.63, 3.8) is 0 Å². The Kier molecular flexibility index (Phi) is 11.1. The molecule has 1 aliphatic heterocycles. The number of anilines is 1. The number of aliphatic hydroxyl groups is 1. The van der Waals surface area contributed by atoms with Gasteiger partial charge in [0.05, 0.1) is 29.6 Å². The number of aromatic nitrogens is 2. The number of para-hydroxylation sites is 1. The molecule has 3 N–H and O–H groups in total. The molecule has 0 aliphatic carbocycles. The third kappa shape index (κ3) is 10.2. The second-order valence-electron chi connectivity index (χ2n) is 12.4. The Bertz CT molecular complexity index is 1380. The molecule has 232 valence electrons. The molecule has 10 nitrogen and oxygen atoms in total. The van der Waals surface area contributed by atoms with Gasteiger partial charge in [-0.15, -0.1) is 0 Å². The van der Waals surface area contributed by atoms with Gasteiger partial charge in [0.1, 0.15) is 30.3 Å². The number of pyridine rings is 2. The second-order valence-corrected chi connectivity index (χ2v) is 12.4. The zero-order chi connectivity index (χ0) is 31.8. The van der Waals surface area contributed by atoms with Gasteiger partial charge >= 0.3 is 11.9 Å². The van der Waals surface area contributed by atoms with Gasteiger partial charge in [-0.2, -0.15) is 0 Å². The first-order valence-corrected chi connectivity index (χ1v) is 14.4. The number of hydrogen-bond acceptors (Lipinski definition) is 8. The molecule has 3 aromatic rings. The average molecular weight is 594 g/mol. The zero-order valence-electron chi connectivity index (χ0n) is 25.9. The molecular weight excluding hydrogens is 550 g/mol. The molecule has 4 rings (SSSR count). The predicted molar refractivity (Wildman–Crippen MR) is 165 cm³/mol. The molecular formula is C33H43N3O7. The molecule has 1 aliphatic rings. The summed E-state index contributed by atoms with van der Waals surface area (Å²) in [6.45, 7) is 13.6. The van der Waals surface area contributed by atoms with Crippen molar-refractivity contribution in [2.24, 2.45) is 5.41 Å². The van der Waals surface area contributed by atoms with Crippen LogP contribution in [0.25, 0.3) is 11.3 Å². The van der Waals surface area contributed by atoms with Crippen molar-refractivity contribution in [1.82, 2.24) is 9.97 Å². The summed E-state index contributed by atoms with van der Waals surface area (Å²) < 4.78 is 11.3. The summed E-state index contributed by atoms with van der Waals surface area (Å²) in [6.07, 6.45) is 5.31. The lowest BCUT2D eigenvalue weighted by Gasteiger charge is -2.40. The lowest BCUT2D eigenvalue weighted by Crippen LogP contribution is -2.38. The molecule has 0 amide bonds. The van der Waals surface area contributed by atoms with Gasteiger partial charge in [0.15, 0.2) is 0 Å². The molecule has 1 aromatic carbocycles. The molecule has 1 saturated heterocycles. The highest BCUT2D eigenvalue weighted by Gasteiger charge is 2.29. The molecule has 43 heavy (non-hydrogen) atoms. The first-order chi connectivity index (χ1) is 20.1. The van der Waals surface area contributed by atoms with Gasteiger partial charge in [-0.25, -0.2) is 4.79 Å². The fourth-order valence-corrected chi connectivity index (χ4v) is 4.59. The van der Waals surface area contributed by atoms with E-state index in [0.29, 0.717) is 17.1 Å². The number of carboxylic acid groups (broad SMARTS) is 2. The van der Waals surface area contributed by atoms with Crippen molar-refractivity contribution in [2.75, 3.05) is 31.2 Å². The predicted octanol–water partition coefficient (Wildman–Crippen LogP) is 5.64. The Morgan fingerprint density at radius 3 is 2.16 bits per heavy atom. The van der Waals surface area contributed by atoms with E-state index in [4.69, 9.17) is 14.6 Å². The van der Waals surface area contributed by atoms with E-state index in [0.717, 1.165) is 42.7 Å². The van der Waals surface area contributed by atoms with E-state index < -0.39 is 17.5 Å². The van der Waals surface area contributed by atoms with E-state index in [2.05, 4.69) is 28.7 Å². The highest BCUT2D eigenvalue weighted by Crippen LogP contribution is 2.39. The SMILES string of the molecule is CC(C)(C)O.Cc1ncc(-c2ccc(OCCOc3ccccc3C(=O)O)cn2)c(N2CCC(C)(C)CC2)c1CC(=O)O. The maximum atomic E-state index is 11.7. The lowest BCUT2D eigenvalue weighted by molar-refractivity contribution is -0.136. The number of nitrogens with zero attached hydrogens (tertiary/aromatic N) is 3. The van der Waals surface area contributed by atoms with Crippen molar-refractivity contribution < 1.29 is 34.4 Å². The number of hydrogen-bond donors (Lipinski definition) is 3. The third-order valence-electron chi connectivity index (χ3n) is 6.87. The van der Waals surface area contributed by atoms with Crippen LogP contribution in [0.1, 0.15) is 69.1 Å². The largest absolute Gasteiger partial charge is 0.489 e. The minimum absolute atomic E-state index is 0.0977. The van der Waals surface area contributed by atoms with Crippen LogP contribution in [-0.4, -0.2) is 69.1 Å². The van der Waals surface area contributed by atoms with E-state index in [1.54, 1.807) is 57.4 Å². The summed E-state index contributed by atoms with van der Waals surface area (Å²) in [5.41, 5.74) is 3.65. The zero-order valence-corrected chi connectivity index (χ0v) is 25.9. The molecule has 0 saturated carbocycles. The summed E-state index contributed by atoms with van der Waals surface area (Å²) in [5.74, 6) is -1.12. The Balaban J connectivity index is 0.000000934. The fourth-order valence-electron chi connectivity index (χ4n) is 4.59. The number of ether oxygens (including phenoxy) is 2. The minimum Gasteiger partial charge on any atom is -0.489 e. The maximum Gasteiger partial charge on any atom is 0.339 e. The monoisotopic (exact) mass is 593 g/mol. The van der Waals surface area contributed by atoms with Crippen LogP contribution in [0.2, 0.25) is 0 Å². The highest BCUT2D eigenvalue weighted by atomic mass is 16.5. The summed E-state index contributed by atoms with van der Waals surface area (Å²) in [4.78, 5) is 34.4. The summed E-state index contributed by atoms with van der Waals surface area (Å²) in [7, 11) is 0. The van der Waals surface area contributed by atoms with Crippen molar-refractivity contribution in [3.05, 3.63) is 65.6 Å². The third-order valence-corrected chi connectivity index (χ3v) is 6.87. The highest BCUT2D eigenvalue weighted by molar-refractivity contribution is 5.90. The van der Waals surface area contributed by atoms with Gasteiger partial charge in [0.25, 0.3) is 0 Å². The van der Waals surface area contributed by atoms with Crippen LogP contribution in [0.3, 0.4) is 0 Å². The van der Waals surface area contributed by atoms with Crippen molar-refractivity contribution in [3.8, 4) is 22.8 Å². The van der Waals surface area contributed by atoms with Crippen LogP contribution < -0.4 is 14.4 Å². The summed E-state index contributed by atoms with van der Waals surface area (Å²) >= 11 is 0. The normalized spacial score (nSPS) is 14.3. The van der Waals surface area contributed by atoms with Crippen LogP contribution in [0.4, 0.5) is 5.69 Å². The van der Waals surface area contributed by atoms with Crippen LogP contribution in [0.5, 0.6) is 11.5 Å².